The fourth-order valence-electron chi connectivity index (χ4n) is 4.55. The number of likely N-dealkylation sites (tertiary alicyclic amines) is 1. The summed E-state index contributed by atoms with van der Waals surface area (Å²) in [5, 5.41) is 7.27. The second-order valence-corrected chi connectivity index (χ2v) is 8.43. The van der Waals surface area contributed by atoms with Crippen LogP contribution in [0.5, 0.6) is 0 Å². The molecule has 2 aromatic rings. The van der Waals surface area contributed by atoms with E-state index in [4.69, 9.17) is 12.2 Å². The van der Waals surface area contributed by atoms with Crippen molar-refractivity contribution in [2.24, 2.45) is 12.5 Å². The first kappa shape index (κ1) is 17.5. The van der Waals surface area contributed by atoms with E-state index < -0.39 is 0 Å². The molecule has 0 bridgehead atoms. The smallest absolute Gasteiger partial charge is 0.228 e. The number of piperidine rings is 1. The third kappa shape index (κ3) is 3.00. The number of nitrogens with zero attached hydrogens (tertiary/aromatic N) is 3. The van der Waals surface area contributed by atoms with Gasteiger partial charge < -0.3 is 9.47 Å². The van der Waals surface area contributed by atoms with E-state index >= 15 is 0 Å². The van der Waals surface area contributed by atoms with E-state index in [0.717, 1.165) is 51.0 Å². The number of hydrogen-bond acceptors (Lipinski definition) is 3. The SMILES string of the molecule is Cn1c([C@H]2CCCN(C(=O)[C@@]3(C)CCc4ccccc4C3)C2)n[nH]c1=S. The summed E-state index contributed by atoms with van der Waals surface area (Å²) in [6, 6.07) is 8.54. The monoisotopic (exact) mass is 370 g/mol. The molecule has 0 radical (unpaired) electrons. The summed E-state index contributed by atoms with van der Waals surface area (Å²) in [7, 11) is 1.95. The quantitative estimate of drug-likeness (QED) is 0.825. The first-order chi connectivity index (χ1) is 12.5. The summed E-state index contributed by atoms with van der Waals surface area (Å²) < 4.78 is 2.58. The third-order valence-electron chi connectivity index (χ3n) is 6.15. The van der Waals surface area contributed by atoms with Crippen LogP contribution in [0, 0.1) is 10.2 Å². The molecule has 1 aromatic heterocycles. The zero-order chi connectivity index (χ0) is 18.3. The Balaban J connectivity index is 1.53. The highest BCUT2D eigenvalue weighted by Gasteiger charge is 2.41. The highest BCUT2D eigenvalue weighted by Crippen LogP contribution is 2.38. The third-order valence-corrected chi connectivity index (χ3v) is 6.51. The van der Waals surface area contributed by atoms with E-state index in [0.29, 0.717) is 10.7 Å². The molecule has 1 amide bonds. The Bertz CT molecular complexity index is 886. The van der Waals surface area contributed by atoms with Crippen LogP contribution in [0.4, 0.5) is 0 Å². The van der Waals surface area contributed by atoms with Gasteiger partial charge in [-0.2, -0.15) is 5.10 Å². The summed E-state index contributed by atoms with van der Waals surface area (Å²) in [6.07, 6.45) is 4.83. The molecular formula is C20H26N4OS. The predicted molar refractivity (Wildman–Crippen MR) is 104 cm³/mol. The lowest BCUT2D eigenvalue weighted by molar-refractivity contribution is -0.143. The Morgan fingerprint density at radius 1 is 1.35 bits per heavy atom. The molecule has 1 fully saturated rings. The second-order valence-electron chi connectivity index (χ2n) is 8.04. The van der Waals surface area contributed by atoms with E-state index in [1.54, 1.807) is 0 Å². The average Bonchev–Trinajstić information content (AvgIpc) is 3.00. The van der Waals surface area contributed by atoms with Gasteiger partial charge in [0.1, 0.15) is 5.82 Å². The number of aromatic amines is 1. The maximum absolute atomic E-state index is 13.4. The predicted octanol–water partition coefficient (Wildman–Crippen LogP) is 3.38. The van der Waals surface area contributed by atoms with Crippen molar-refractivity contribution in [3.8, 4) is 0 Å². The van der Waals surface area contributed by atoms with Gasteiger partial charge >= 0.3 is 0 Å². The van der Waals surface area contributed by atoms with Gasteiger partial charge in [-0.05, 0) is 55.4 Å². The molecule has 1 aliphatic carbocycles. The molecule has 0 saturated carbocycles. The van der Waals surface area contributed by atoms with Crippen LogP contribution < -0.4 is 0 Å². The molecule has 1 N–H and O–H groups in total. The highest BCUT2D eigenvalue weighted by molar-refractivity contribution is 7.71. The lowest BCUT2D eigenvalue weighted by Gasteiger charge is -2.41. The topological polar surface area (TPSA) is 53.9 Å². The lowest BCUT2D eigenvalue weighted by Crippen LogP contribution is -2.48. The number of amides is 1. The maximum atomic E-state index is 13.4. The van der Waals surface area contributed by atoms with Gasteiger partial charge in [-0.3, -0.25) is 9.89 Å². The number of aromatic nitrogens is 3. The van der Waals surface area contributed by atoms with Crippen LogP contribution in [-0.2, 0) is 24.7 Å². The molecule has 0 spiro atoms. The highest BCUT2D eigenvalue weighted by atomic mass is 32.1. The minimum atomic E-state index is -0.298. The molecule has 2 heterocycles. The summed E-state index contributed by atoms with van der Waals surface area (Å²) in [6.45, 7) is 3.73. The minimum Gasteiger partial charge on any atom is -0.341 e. The lowest BCUT2D eigenvalue weighted by atomic mass is 9.71. The van der Waals surface area contributed by atoms with Gasteiger partial charge in [-0.1, -0.05) is 31.2 Å². The Morgan fingerprint density at radius 2 is 2.12 bits per heavy atom. The van der Waals surface area contributed by atoms with Gasteiger partial charge in [0.25, 0.3) is 0 Å². The molecule has 5 nitrogen and oxygen atoms in total. The van der Waals surface area contributed by atoms with Crippen molar-refractivity contribution in [3.63, 3.8) is 0 Å². The summed E-state index contributed by atoms with van der Waals surface area (Å²) in [4.78, 5) is 15.5. The number of fused-ring (bicyclic) bond motifs is 1. The van der Waals surface area contributed by atoms with Gasteiger partial charge in [0.05, 0.1) is 5.41 Å². The van der Waals surface area contributed by atoms with Crippen molar-refractivity contribution >= 4 is 18.1 Å². The molecular weight excluding hydrogens is 344 g/mol. The van der Waals surface area contributed by atoms with Crippen molar-refractivity contribution in [2.75, 3.05) is 13.1 Å². The number of rotatable bonds is 2. The average molecular weight is 371 g/mol. The molecule has 1 aliphatic heterocycles. The number of benzene rings is 1. The van der Waals surface area contributed by atoms with Crippen LogP contribution in [0.1, 0.15) is 49.1 Å². The minimum absolute atomic E-state index is 0.255. The van der Waals surface area contributed by atoms with Crippen molar-refractivity contribution in [3.05, 3.63) is 46.0 Å². The van der Waals surface area contributed by atoms with Crippen molar-refractivity contribution < 1.29 is 4.79 Å². The Kier molecular flexibility index (Phi) is 4.47. The van der Waals surface area contributed by atoms with Crippen LogP contribution >= 0.6 is 12.2 Å². The van der Waals surface area contributed by atoms with Crippen molar-refractivity contribution in [2.45, 2.75) is 44.9 Å². The molecule has 4 rings (SSSR count). The number of hydrogen-bond donors (Lipinski definition) is 1. The molecule has 1 saturated heterocycles. The standard InChI is InChI=1S/C20H26N4OS/c1-20(10-9-14-6-3-4-7-15(14)12-20)18(25)24-11-5-8-16(13-24)17-21-22-19(26)23(17)2/h3-4,6-7,16H,5,8-13H2,1-2H3,(H,22,26)/t16-,20-/m0/s1. The van der Waals surface area contributed by atoms with E-state index in [9.17, 15) is 4.79 Å². The molecule has 1 aromatic carbocycles. The Morgan fingerprint density at radius 3 is 2.85 bits per heavy atom. The normalized spacial score (nSPS) is 25.8. The Labute approximate surface area is 159 Å². The second kappa shape index (κ2) is 6.65. The first-order valence-electron chi connectivity index (χ1n) is 9.45. The number of carbonyl (C=O) groups is 1. The van der Waals surface area contributed by atoms with Crippen LogP contribution in [0.2, 0.25) is 0 Å². The van der Waals surface area contributed by atoms with E-state index in [1.165, 1.54) is 11.1 Å². The molecule has 2 aliphatic rings. The van der Waals surface area contributed by atoms with Gasteiger partial charge in [-0.15, -0.1) is 0 Å². The largest absolute Gasteiger partial charge is 0.341 e. The van der Waals surface area contributed by atoms with Gasteiger partial charge in [0.2, 0.25) is 5.91 Å². The maximum Gasteiger partial charge on any atom is 0.228 e. The van der Waals surface area contributed by atoms with Crippen LogP contribution in [0.15, 0.2) is 24.3 Å². The molecule has 6 heteroatoms. The van der Waals surface area contributed by atoms with E-state index in [1.807, 2.05) is 11.6 Å². The number of carbonyl (C=O) groups excluding carboxylic acids is 1. The van der Waals surface area contributed by atoms with Gasteiger partial charge in [0.15, 0.2) is 4.77 Å². The summed E-state index contributed by atoms with van der Waals surface area (Å²) in [5.74, 6) is 1.52. The van der Waals surface area contributed by atoms with Crippen molar-refractivity contribution in [1.82, 2.24) is 19.7 Å². The van der Waals surface area contributed by atoms with Crippen LogP contribution in [-0.4, -0.2) is 38.7 Å². The fourth-order valence-corrected chi connectivity index (χ4v) is 4.69. The van der Waals surface area contributed by atoms with Crippen LogP contribution in [0.25, 0.3) is 0 Å². The van der Waals surface area contributed by atoms with Gasteiger partial charge in [0, 0.05) is 26.1 Å². The zero-order valence-electron chi connectivity index (χ0n) is 15.5. The number of aryl methyl sites for hydroxylation is 1. The molecule has 26 heavy (non-hydrogen) atoms. The zero-order valence-corrected chi connectivity index (χ0v) is 16.3. The van der Waals surface area contributed by atoms with E-state index in [2.05, 4.69) is 46.3 Å². The van der Waals surface area contributed by atoms with Crippen LogP contribution in [0.3, 0.4) is 0 Å². The van der Waals surface area contributed by atoms with Gasteiger partial charge in [-0.25, -0.2) is 0 Å². The Hall–Kier alpha value is -1.95. The van der Waals surface area contributed by atoms with Crippen molar-refractivity contribution in [1.29, 1.82) is 0 Å². The molecule has 138 valence electrons. The number of nitrogens with one attached hydrogen (secondary N) is 1. The fraction of sp³-hybridized carbons (Fsp3) is 0.550. The summed E-state index contributed by atoms with van der Waals surface area (Å²) in [5.41, 5.74) is 2.43. The first-order valence-corrected chi connectivity index (χ1v) is 9.86. The molecule has 0 unspecified atom stereocenters. The molecule has 2 atom stereocenters. The summed E-state index contributed by atoms with van der Waals surface area (Å²) >= 11 is 5.25. The van der Waals surface area contributed by atoms with E-state index in [-0.39, 0.29) is 11.3 Å². The number of H-pyrrole nitrogens is 1.